The fourth-order valence-corrected chi connectivity index (χ4v) is 5.22. The van der Waals surface area contributed by atoms with Crippen LogP contribution in [0.4, 0.5) is 4.79 Å². The maximum atomic E-state index is 13.6. The van der Waals surface area contributed by atoms with Gasteiger partial charge in [-0.05, 0) is 61.3 Å². The summed E-state index contributed by atoms with van der Waals surface area (Å²) < 4.78 is 11.3. The normalized spacial score (nSPS) is 18.1. The van der Waals surface area contributed by atoms with Crippen LogP contribution < -0.4 is 5.32 Å². The van der Waals surface area contributed by atoms with E-state index in [1.165, 1.54) is 0 Å². The second-order valence-corrected chi connectivity index (χ2v) is 12.0. The third-order valence-corrected chi connectivity index (χ3v) is 6.93. The summed E-state index contributed by atoms with van der Waals surface area (Å²) in [5, 5.41) is 2.81. The van der Waals surface area contributed by atoms with Crippen molar-refractivity contribution in [1.82, 2.24) is 10.2 Å². The van der Waals surface area contributed by atoms with Crippen molar-refractivity contribution in [2.45, 2.75) is 78.0 Å². The standard InChI is InChI=1S/C30H38N2O5/c1-29(2,3)25(26(33)32-17-11-16-24(32)27(34)37-30(4,5)6)31-28(35)36-18-23-21-14-9-7-12-19(21)20-13-8-10-15-22(20)23/h7-10,12-15,23-25H,11,16-18H2,1-6H3,(H,31,35)/t24-,25+/m0/s1. The van der Waals surface area contributed by atoms with E-state index in [9.17, 15) is 14.4 Å². The molecular weight excluding hydrogens is 468 g/mol. The summed E-state index contributed by atoms with van der Waals surface area (Å²) in [6.45, 7) is 11.7. The Morgan fingerprint density at radius 1 is 0.946 bits per heavy atom. The van der Waals surface area contributed by atoms with Gasteiger partial charge in [0.05, 0.1) is 0 Å². The first-order chi connectivity index (χ1) is 17.4. The molecule has 0 radical (unpaired) electrons. The molecule has 1 saturated heterocycles. The fourth-order valence-electron chi connectivity index (χ4n) is 5.22. The molecule has 4 rings (SSSR count). The molecule has 198 valence electrons. The molecule has 2 aromatic rings. The molecule has 2 aromatic carbocycles. The van der Waals surface area contributed by atoms with Crippen LogP contribution in [-0.4, -0.2) is 53.7 Å². The maximum absolute atomic E-state index is 13.6. The zero-order valence-corrected chi connectivity index (χ0v) is 22.7. The lowest BCUT2D eigenvalue weighted by Crippen LogP contribution is -2.57. The van der Waals surface area contributed by atoms with Gasteiger partial charge in [0.25, 0.3) is 0 Å². The molecule has 1 fully saturated rings. The average molecular weight is 507 g/mol. The highest BCUT2D eigenvalue weighted by Gasteiger charge is 2.43. The Kier molecular flexibility index (Phi) is 7.36. The summed E-state index contributed by atoms with van der Waals surface area (Å²) in [6.07, 6.45) is 0.600. The summed E-state index contributed by atoms with van der Waals surface area (Å²) in [4.78, 5) is 41.0. The molecule has 0 spiro atoms. The molecule has 7 nitrogen and oxygen atoms in total. The van der Waals surface area contributed by atoms with Gasteiger partial charge in [0.15, 0.2) is 0 Å². The van der Waals surface area contributed by atoms with E-state index in [2.05, 4.69) is 29.6 Å². The Labute approximate surface area is 219 Å². The predicted octanol–water partition coefficient (Wildman–Crippen LogP) is 5.27. The molecule has 2 atom stereocenters. The van der Waals surface area contributed by atoms with E-state index in [4.69, 9.17) is 9.47 Å². The summed E-state index contributed by atoms with van der Waals surface area (Å²) >= 11 is 0. The number of carbonyl (C=O) groups excluding carboxylic acids is 3. The molecular formula is C30H38N2O5. The number of amides is 2. The van der Waals surface area contributed by atoms with Crippen molar-refractivity contribution in [3.63, 3.8) is 0 Å². The van der Waals surface area contributed by atoms with Crippen molar-refractivity contribution in [2.24, 2.45) is 5.41 Å². The predicted molar refractivity (Wildman–Crippen MR) is 142 cm³/mol. The highest BCUT2D eigenvalue weighted by atomic mass is 16.6. The summed E-state index contributed by atoms with van der Waals surface area (Å²) in [5.41, 5.74) is 3.31. The Morgan fingerprint density at radius 3 is 2.05 bits per heavy atom. The number of fused-ring (bicyclic) bond motifs is 3. The van der Waals surface area contributed by atoms with E-state index < -0.39 is 35.2 Å². The number of benzene rings is 2. The lowest BCUT2D eigenvalue weighted by molar-refractivity contribution is -0.164. The van der Waals surface area contributed by atoms with Gasteiger partial charge in [-0.1, -0.05) is 69.3 Å². The first kappa shape index (κ1) is 26.7. The van der Waals surface area contributed by atoms with E-state index in [0.29, 0.717) is 19.4 Å². The van der Waals surface area contributed by atoms with Crippen LogP contribution >= 0.6 is 0 Å². The van der Waals surface area contributed by atoms with Crippen molar-refractivity contribution < 1.29 is 23.9 Å². The molecule has 1 heterocycles. The van der Waals surface area contributed by atoms with Crippen molar-refractivity contribution in [3.05, 3.63) is 59.7 Å². The lowest BCUT2D eigenvalue weighted by Gasteiger charge is -2.35. The highest BCUT2D eigenvalue weighted by Crippen LogP contribution is 2.44. The molecule has 2 aliphatic rings. The van der Waals surface area contributed by atoms with Crippen molar-refractivity contribution >= 4 is 18.0 Å². The number of likely N-dealkylation sites (tertiary alicyclic amines) is 1. The fraction of sp³-hybridized carbons (Fsp3) is 0.500. The molecule has 0 aromatic heterocycles. The second kappa shape index (κ2) is 10.2. The van der Waals surface area contributed by atoms with E-state index >= 15 is 0 Å². The zero-order chi connectivity index (χ0) is 27.0. The topological polar surface area (TPSA) is 84.9 Å². The largest absolute Gasteiger partial charge is 0.458 e. The van der Waals surface area contributed by atoms with Crippen molar-refractivity contribution in [2.75, 3.05) is 13.2 Å². The molecule has 0 bridgehead atoms. The number of nitrogens with zero attached hydrogens (tertiary/aromatic N) is 1. The first-order valence-electron chi connectivity index (χ1n) is 13.0. The van der Waals surface area contributed by atoms with Gasteiger partial charge in [0.2, 0.25) is 5.91 Å². The van der Waals surface area contributed by atoms with Gasteiger partial charge < -0.3 is 19.7 Å². The smallest absolute Gasteiger partial charge is 0.407 e. The average Bonchev–Trinajstić information content (AvgIpc) is 3.43. The molecule has 0 saturated carbocycles. The Morgan fingerprint density at radius 2 is 1.51 bits per heavy atom. The quantitative estimate of drug-likeness (QED) is 0.559. The maximum Gasteiger partial charge on any atom is 0.407 e. The minimum Gasteiger partial charge on any atom is -0.458 e. The minimum absolute atomic E-state index is 0.0722. The third-order valence-electron chi connectivity index (χ3n) is 6.93. The van der Waals surface area contributed by atoms with E-state index in [-0.39, 0.29) is 18.4 Å². The van der Waals surface area contributed by atoms with Crippen LogP contribution in [0.15, 0.2) is 48.5 Å². The molecule has 37 heavy (non-hydrogen) atoms. The SMILES string of the molecule is CC(C)(C)OC(=O)[C@@H]1CCCN1C(=O)[C@@H](NC(=O)OCC1c2ccccc2-c2ccccc21)C(C)(C)C. The number of alkyl carbamates (subject to hydrolysis) is 1. The van der Waals surface area contributed by atoms with Crippen LogP contribution in [0.25, 0.3) is 11.1 Å². The number of nitrogens with one attached hydrogen (secondary N) is 1. The minimum atomic E-state index is -0.855. The number of rotatable bonds is 5. The Balaban J connectivity index is 1.45. The van der Waals surface area contributed by atoms with Gasteiger partial charge in [-0.25, -0.2) is 9.59 Å². The number of hydrogen-bond acceptors (Lipinski definition) is 5. The third kappa shape index (κ3) is 5.81. The summed E-state index contributed by atoms with van der Waals surface area (Å²) in [7, 11) is 0. The van der Waals surface area contributed by atoms with Crippen LogP contribution in [0.5, 0.6) is 0 Å². The monoisotopic (exact) mass is 506 g/mol. The summed E-state index contributed by atoms with van der Waals surface area (Å²) in [5.74, 6) is -0.779. The number of esters is 1. The van der Waals surface area contributed by atoms with E-state index in [0.717, 1.165) is 22.3 Å². The Bertz CT molecular complexity index is 1130. The van der Waals surface area contributed by atoms with Crippen LogP contribution in [0, 0.1) is 5.41 Å². The van der Waals surface area contributed by atoms with Gasteiger partial charge in [-0.3, -0.25) is 4.79 Å². The highest BCUT2D eigenvalue weighted by molar-refractivity contribution is 5.91. The van der Waals surface area contributed by atoms with Crippen LogP contribution in [0.1, 0.15) is 71.4 Å². The van der Waals surface area contributed by atoms with Crippen LogP contribution in [0.3, 0.4) is 0 Å². The van der Waals surface area contributed by atoms with E-state index in [1.807, 2.05) is 65.8 Å². The molecule has 1 N–H and O–H groups in total. The molecule has 2 amide bonds. The van der Waals surface area contributed by atoms with Gasteiger partial charge in [0, 0.05) is 12.5 Å². The molecule has 1 aliphatic heterocycles. The zero-order valence-electron chi connectivity index (χ0n) is 22.7. The molecule has 1 aliphatic carbocycles. The number of ether oxygens (including phenoxy) is 2. The van der Waals surface area contributed by atoms with Gasteiger partial charge in [-0.2, -0.15) is 0 Å². The lowest BCUT2D eigenvalue weighted by atomic mass is 9.85. The first-order valence-corrected chi connectivity index (χ1v) is 13.0. The number of carbonyl (C=O) groups is 3. The van der Waals surface area contributed by atoms with Gasteiger partial charge in [0.1, 0.15) is 24.3 Å². The molecule has 7 heteroatoms. The van der Waals surface area contributed by atoms with E-state index in [1.54, 1.807) is 4.90 Å². The van der Waals surface area contributed by atoms with Crippen molar-refractivity contribution in [1.29, 1.82) is 0 Å². The van der Waals surface area contributed by atoms with Gasteiger partial charge in [-0.15, -0.1) is 0 Å². The molecule has 0 unspecified atom stereocenters. The second-order valence-electron chi connectivity index (χ2n) is 12.0. The Hall–Kier alpha value is -3.35. The van der Waals surface area contributed by atoms with Gasteiger partial charge >= 0.3 is 12.1 Å². The summed E-state index contributed by atoms with van der Waals surface area (Å²) in [6, 6.07) is 14.8. The van der Waals surface area contributed by atoms with Crippen molar-refractivity contribution in [3.8, 4) is 11.1 Å². The van der Waals surface area contributed by atoms with Crippen LogP contribution in [0.2, 0.25) is 0 Å². The number of hydrogen-bond donors (Lipinski definition) is 1. The van der Waals surface area contributed by atoms with Crippen LogP contribution in [-0.2, 0) is 19.1 Å².